The van der Waals surface area contributed by atoms with E-state index in [2.05, 4.69) is 27.4 Å². The fourth-order valence-electron chi connectivity index (χ4n) is 3.91. The number of carbonyl (C=O) groups excluding carboxylic acids is 1. The number of likely N-dealkylation sites (tertiary alicyclic amines) is 1. The molecule has 2 heterocycles. The van der Waals surface area contributed by atoms with Gasteiger partial charge < -0.3 is 15.5 Å². The Bertz CT molecular complexity index is 574. The monoisotopic (exact) mass is 362 g/mol. The second kappa shape index (κ2) is 9.21. The van der Waals surface area contributed by atoms with Gasteiger partial charge in [0.2, 0.25) is 0 Å². The third-order valence-corrected chi connectivity index (χ3v) is 5.60. The van der Waals surface area contributed by atoms with Crippen molar-refractivity contribution in [2.45, 2.75) is 38.6 Å². The van der Waals surface area contributed by atoms with Crippen LogP contribution < -0.4 is 15.5 Å². The maximum atomic E-state index is 13.0. The smallest absolute Gasteiger partial charge is 0.314 e. The Morgan fingerprint density at radius 2 is 1.88 bits per heavy atom. The Morgan fingerprint density at radius 1 is 1.15 bits per heavy atom. The molecule has 0 bridgehead atoms. The zero-order valence-electron chi connectivity index (χ0n) is 15.7. The normalized spacial score (nSPS) is 22.2. The molecule has 26 heavy (non-hydrogen) atoms. The highest BCUT2D eigenvalue weighted by Crippen LogP contribution is 2.23. The zero-order chi connectivity index (χ0) is 18.4. The number of hydrogen-bond donors (Lipinski definition) is 2. The minimum Gasteiger partial charge on any atom is -0.371 e. The number of piperidine rings is 1. The van der Waals surface area contributed by atoms with Crippen molar-refractivity contribution in [1.82, 2.24) is 15.5 Å². The minimum atomic E-state index is -0.207. The maximum absolute atomic E-state index is 13.0. The molecule has 1 aromatic carbocycles. The van der Waals surface area contributed by atoms with E-state index in [-0.39, 0.29) is 11.8 Å². The van der Waals surface area contributed by atoms with Crippen LogP contribution in [0.25, 0.3) is 0 Å². The van der Waals surface area contributed by atoms with E-state index >= 15 is 0 Å². The number of hydrogen-bond acceptors (Lipinski definition) is 3. The maximum Gasteiger partial charge on any atom is 0.314 e. The van der Waals surface area contributed by atoms with Gasteiger partial charge in [0.05, 0.1) is 0 Å². The summed E-state index contributed by atoms with van der Waals surface area (Å²) < 4.78 is 13.0. The summed E-state index contributed by atoms with van der Waals surface area (Å²) in [5, 5.41) is 6.01. The van der Waals surface area contributed by atoms with Gasteiger partial charge >= 0.3 is 6.03 Å². The molecule has 1 aromatic rings. The summed E-state index contributed by atoms with van der Waals surface area (Å²) in [6.07, 6.45) is 4.90. The number of urea groups is 1. The summed E-state index contributed by atoms with van der Waals surface area (Å²) in [5.41, 5.74) is 1.05. The van der Waals surface area contributed by atoms with Gasteiger partial charge in [-0.05, 0) is 69.5 Å². The lowest BCUT2D eigenvalue weighted by molar-refractivity contribution is 0.170. The molecule has 144 valence electrons. The van der Waals surface area contributed by atoms with E-state index in [1.165, 1.54) is 31.4 Å². The summed E-state index contributed by atoms with van der Waals surface area (Å²) in [7, 11) is 0. The molecule has 2 fully saturated rings. The first kappa shape index (κ1) is 19.0. The van der Waals surface area contributed by atoms with E-state index in [0.717, 1.165) is 38.3 Å². The fourth-order valence-corrected chi connectivity index (χ4v) is 3.91. The molecule has 5 nitrogen and oxygen atoms in total. The van der Waals surface area contributed by atoms with E-state index in [0.29, 0.717) is 25.0 Å². The van der Waals surface area contributed by atoms with Crippen LogP contribution >= 0.6 is 0 Å². The first-order valence-electron chi connectivity index (χ1n) is 9.88. The highest BCUT2D eigenvalue weighted by molar-refractivity contribution is 5.73. The minimum absolute atomic E-state index is 0.0749. The number of nitrogens with zero attached hydrogens (tertiary/aromatic N) is 2. The van der Waals surface area contributed by atoms with Gasteiger partial charge in [-0.3, -0.25) is 4.90 Å². The van der Waals surface area contributed by atoms with Crippen molar-refractivity contribution in [3.05, 3.63) is 30.1 Å². The first-order chi connectivity index (χ1) is 12.6. The molecule has 0 saturated carbocycles. The molecule has 2 aliphatic heterocycles. The molecule has 2 N–H and O–H groups in total. The van der Waals surface area contributed by atoms with E-state index in [4.69, 9.17) is 0 Å². The number of carbonyl (C=O) groups is 1. The van der Waals surface area contributed by atoms with Gasteiger partial charge in [0, 0.05) is 37.9 Å². The van der Waals surface area contributed by atoms with Crippen LogP contribution in [0.1, 0.15) is 32.6 Å². The lowest BCUT2D eigenvalue weighted by Crippen LogP contribution is -2.47. The van der Waals surface area contributed by atoms with Crippen LogP contribution in [0.4, 0.5) is 14.9 Å². The van der Waals surface area contributed by atoms with Crippen molar-refractivity contribution >= 4 is 11.7 Å². The molecule has 2 saturated heterocycles. The van der Waals surface area contributed by atoms with E-state index < -0.39 is 0 Å². The van der Waals surface area contributed by atoms with Gasteiger partial charge in [-0.2, -0.15) is 0 Å². The number of amides is 2. The number of halogens is 1. The number of rotatable bonds is 6. The molecule has 2 aliphatic rings. The van der Waals surface area contributed by atoms with Crippen LogP contribution in [-0.2, 0) is 0 Å². The summed E-state index contributed by atoms with van der Waals surface area (Å²) in [6, 6.07) is 6.95. The molecule has 0 spiro atoms. The van der Waals surface area contributed by atoms with Crippen molar-refractivity contribution in [3.63, 3.8) is 0 Å². The predicted octanol–water partition coefficient (Wildman–Crippen LogP) is 2.83. The van der Waals surface area contributed by atoms with Gasteiger partial charge in [-0.15, -0.1) is 0 Å². The molecule has 0 aromatic heterocycles. The molecule has 2 atom stereocenters. The van der Waals surface area contributed by atoms with Crippen molar-refractivity contribution in [2.75, 3.05) is 44.2 Å². The fraction of sp³-hybridized carbons (Fsp3) is 0.650. The number of anilines is 1. The third-order valence-electron chi connectivity index (χ3n) is 5.60. The Balaban J connectivity index is 1.34. The van der Waals surface area contributed by atoms with Crippen LogP contribution in [0.2, 0.25) is 0 Å². The number of benzene rings is 1. The Morgan fingerprint density at radius 3 is 2.62 bits per heavy atom. The van der Waals surface area contributed by atoms with Crippen molar-refractivity contribution in [1.29, 1.82) is 0 Å². The zero-order valence-corrected chi connectivity index (χ0v) is 15.7. The highest BCUT2D eigenvalue weighted by atomic mass is 19.1. The largest absolute Gasteiger partial charge is 0.371 e. The summed E-state index contributed by atoms with van der Waals surface area (Å²) >= 11 is 0. The second-order valence-electron chi connectivity index (χ2n) is 7.61. The standard InChI is InChI=1S/C20H31FN4O/c1-16(24-10-3-2-4-11-24)13-22-20(26)23-14-17-9-12-25(15-17)19-7-5-18(21)6-8-19/h5-8,16-17H,2-4,9-15H2,1H3,(H2,22,23,26)/t16-,17+/m0/s1. The third kappa shape index (κ3) is 5.34. The molecule has 0 radical (unpaired) electrons. The van der Waals surface area contributed by atoms with Crippen molar-refractivity contribution < 1.29 is 9.18 Å². The Hall–Kier alpha value is -1.82. The molecular weight excluding hydrogens is 331 g/mol. The van der Waals surface area contributed by atoms with Crippen molar-refractivity contribution in [3.8, 4) is 0 Å². The topological polar surface area (TPSA) is 47.6 Å². The SMILES string of the molecule is C[C@@H](CNC(=O)NC[C@H]1CCN(c2ccc(F)cc2)C1)N1CCCCC1. The van der Waals surface area contributed by atoms with Gasteiger partial charge in [0.15, 0.2) is 0 Å². The Kier molecular flexibility index (Phi) is 6.72. The van der Waals surface area contributed by atoms with Crippen LogP contribution in [0.15, 0.2) is 24.3 Å². The van der Waals surface area contributed by atoms with Crippen LogP contribution in [0.3, 0.4) is 0 Å². The second-order valence-corrected chi connectivity index (χ2v) is 7.61. The van der Waals surface area contributed by atoms with Gasteiger partial charge in [0.25, 0.3) is 0 Å². The van der Waals surface area contributed by atoms with Gasteiger partial charge in [-0.25, -0.2) is 9.18 Å². The van der Waals surface area contributed by atoms with Crippen molar-refractivity contribution in [2.24, 2.45) is 5.92 Å². The van der Waals surface area contributed by atoms with Crippen LogP contribution in [0, 0.1) is 11.7 Å². The lowest BCUT2D eigenvalue weighted by Gasteiger charge is -2.32. The molecule has 3 rings (SSSR count). The predicted molar refractivity (Wildman–Crippen MR) is 103 cm³/mol. The van der Waals surface area contributed by atoms with Gasteiger partial charge in [0.1, 0.15) is 5.82 Å². The van der Waals surface area contributed by atoms with E-state index in [9.17, 15) is 9.18 Å². The average molecular weight is 362 g/mol. The molecule has 0 unspecified atom stereocenters. The van der Waals surface area contributed by atoms with Crippen LogP contribution in [-0.4, -0.2) is 56.2 Å². The van der Waals surface area contributed by atoms with Gasteiger partial charge in [-0.1, -0.05) is 6.42 Å². The summed E-state index contributed by atoms with van der Waals surface area (Å²) in [4.78, 5) is 16.8. The highest BCUT2D eigenvalue weighted by Gasteiger charge is 2.23. The molecule has 6 heteroatoms. The molecule has 0 aliphatic carbocycles. The lowest BCUT2D eigenvalue weighted by atomic mass is 10.1. The number of nitrogens with one attached hydrogen (secondary N) is 2. The molecule has 2 amide bonds. The van der Waals surface area contributed by atoms with Crippen LogP contribution in [0.5, 0.6) is 0 Å². The van der Waals surface area contributed by atoms with E-state index in [1.54, 1.807) is 0 Å². The Labute approximate surface area is 155 Å². The average Bonchev–Trinajstić information content (AvgIpc) is 3.14. The summed E-state index contributed by atoms with van der Waals surface area (Å²) in [6.45, 7) is 7.70. The van der Waals surface area contributed by atoms with E-state index in [1.807, 2.05) is 12.1 Å². The molecular formula is C20H31FN4O. The quantitative estimate of drug-likeness (QED) is 0.818. The first-order valence-corrected chi connectivity index (χ1v) is 9.88. The summed E-state index contributed by atoms with van der Waals surface area (Å²) in [5.74, 6) is 0.229.